The van der Waals surface area contributed by atoms with Crippen molar-refractivity contribution in [3.05, 3.63) is 0 Å². The summed E-state index contributed by atoms with van der Waals surface area (Å²) in [5.41, 5.74) is 5.39. The lowest BCUT2D eigenvalue weighted by atomic mass is 10.1. The van der Waals surface area contributed by atoms with Crippen molar-refractivity contribution >= 4 is 0 Å². The Morgan fingerprint density at radius 3 is 2.78 bits per heavy atom. The van der Waals surface area contributed by atoms with Gasteiger partial charge in [-0.1, -0.05) is 0 Å². The second kappa shape index (κ2) is 3.15. The van der Waals surface area contributed by atoms with Gasteiger partial charge in [0.15, 0.2) is 0 Å². The molecule has 1 atom stereocenters. The van der Waals surface area contributed by atoms with Crippen LogP contribution in [-0.2, 0) is 0 Å². The molecule has 1 aliphatic rings. The molecule has 1 saturated heterocycles. The normalized spacial score (nSPS) is 29.3. The van der Waals surface area contributed by atoms with Gasteiger partial charge in [-0.3, -0.25) is 5.84 Å². The molecule has 54 valence electrons. The summed E-state index contributed by atoms with van der Waals surface area (Å²) in [6.45, 7) is 2.89. The monoisotopic (exact) mass is 129 g/mol. The van der Waals surface area contributed by atoms with E-state index in [9.17, 15) is 0 Å². The molecule has 1 heterocycles. The fourth-order valence-corrected chi connectivity index (χ4v) is 1.33. The van der Waals surface area contributed by atoms with E-state index in [1.165, 1.54) is 6.42 Å². The van der Waals surface area contributed by atoms with E-state index in [1.54, 1.807) is 0 Å². The summed E-state index contributed by atoms with van der Waals surface area (Å²) in [5.74, 6) is 6.31. The Kier molecular flexibility index (Phi) is 2.45. The predicted octanol–water partition coefficient (Wildman–Crippen LogP) is -0.469. The molecule has 0 bridgehead atoms. The van der Waals surface area contributed by atoms with Crippen molar-refractivity contribution in [1.82, 2.24) is 5.01 Å². The Morgan fingerprint density at radius 2 is 2.33 bits per heavy atom. The number of hydrogen-bond acceptors (Lipinski definition) is 3. The molecular formula is C6H15N3. The minimum atomic E-state index is 0.764. The molecule has 0 amide bonds. The van der Waals surface area contributed by atoms with Crippen molar-refractivity contribution in [1.29, 1.82) is 0 Å². The molecule has 0 saturated carbocycles. The molecule has 0 aliphatic carbocycles. The van der Waals surface area contributed by atoms with E-state index in [1.807, 2.05) is 5.01 Å². The van der Waals surface area contributed by atoms with Crippen LogP contribution in [-0.4, -0.2) is 24.6 Å². The Morgan fingerprint density at radius 1 is 1.56 bits per heavy atom. The van der Waals surface area contributed by atoms with Crippen molar-refractivity contribution < 1.29 is 0 Å². The van der Waals surface area contributed by atoms with Gasteiger partial charge in [0.05, 0.1) is 0 Å². The highest BCUT2D eigenvalue weighted by Crippen LogP contribution is 2.15. The van der Waals surface area contributed by atoms with E-state index in [0.29, 0.717) is 0 Å². The lowest BCUT2D eigenvalue weighted by Gasteiger charge is -2.07. The standard InChI is InChI=1S/C6H15N3/c7-3-1-6-2-4-9(8)5-6/h6H,1-5,7-8H2. The predicted molar refractivity (Wildman–Crippen MR) is 37.5 cm³/mol. The SMILES string of the molecule is NCCC1CCN(N)C1. The van der Waals surface area contributed by atoms with E-state index in [0.717, 1.165) is 32.0 Å². The molecule has 0 spiro atoms. The van der Waals surface area contributed by atoms with E-state index < -0.39 is 0 Å². The van der Waals surface area contributed by atoms with Gasteiger partial charge in [-0.25, -0.2) is 5.01 Å². The zero-order valence-corrected chi connectivity index (χ0v) is 5.71. The molecule has 1 rings (SSSR count). The van der Waals surface area contributed by atoms with Crippen molar-refractivity contribution in [3.63, 3.8) is 0 Å². The molecule has 4 N–H and O–H groups in total. The van der Waals surface area contributed by atoms with Gasteiger partial charge in [-0.15, -0.1) is 0 Å². The second-order valence-corrected chi connectivity index (χ2v) is 2.73. The molecule has 0 aromatic carbocycles. The highest BCUT2D eigenvalue weighted by molar-refractivity contribution is 4.71. The van der Waals surface area contributed by atoms with Crippen LogP contribution in [0.2, 0.25) is 0 Å². The molecule has 0 radical (unpaired) electrons. The number of hydrogen-bond donors (Lipinski definition) is 2. The van der Waals surface area contributed by atoms with Crippen LogP contribution < -0.4 is 11.6 Å². The van der Waals surface area contributed by atoms with Gasteiger partial charge in [0.2, 0.25) is 0 Å². The molecular weight excluding hydrogens is 114 g/mol. The first-order chi connectivity index (χ1) is 4.33. The molecule has 0 aromatic heterocycles. The minimum absolute atomic E-state index is 0.764. The van der Waals surface area contributed by atoms with Crippen LogP contribution in [0.4, 0.5) is 0 Å². The van der Waals surface area contributed by atoms with Crippen LogP contribution in [0.3, 0.4) is 0 Å². The fourth-order valence-electron chi connectivity index (χ4n) is 1.33. The Hall–Kier alpha value is -0.120. The van der Waals surface area contributed by atoms with Gasteiger partial charge in [0.1, 0.15) is 0 Å². The summed E-state index contributed by atoms with van der Waals surface area (Å²) in [6, 6.07) is 0. The zero-order valence-electron chi connectivity index (χ0n) is 5.71. The van der Waals surface area contributed by atoms with Crippen LogP contribution in [0.5, 0.6) is 0 Å². The topological polar surface area (TPSA) is 55.3 Å². The van der Waals surface area contributed by atoms with Crippen molar-refractivity contribution in [2.45, 2.75) is 12.8 Å². The highest BCUT2D eigenvalue weighted by atomic mass is 15.4. The number of nitrogens with zero attached hydrogens (tertiary/aromatic N) is 1. The molecule has 9 heavy (non-hydrogen) atoms. The number of hydrazine groups is 1. The maximum absolute atomic E-state index is 5.55. The highest BCUT2D eigenvalue weighted by Gasteiger charge is 2.18. The van der Waals surface area contributed by atoms with E-state index in [2.05, 4.69) is 0 Å². The van der Waals surface area contributed by atoms with Gasteiger partial charge in [-0.2, -0.15) is 0 Å². The largest absolute Gasteiger partial charge is 0.330 e. The summed E-state index contributed by atoms with van der Waals surface area (Å²) in [5, 5.41) is 1.88. The van der Waals surface area contributed by atoms with Gasteiger partial charge in [0, 0.05) is 13.1 Å². The molecule has 1 fully saturated rings. The van der Waals surface area contributed by atoms with Crippen molar-refractivity contribution in [2.24, 2.45) is 17.5 Å². The summed E-state index contributed by atoms with van der Waals surface area (Å²) < 4.78 is 0. The first-order valence-electron chi connectivity index (χ1n) is 3.52. The molecule has 1 aliphatic heterocycles. The van der Waals surface area contributed by atoms with Gasteiger partial charge in [-0.05, 0) is 25.3 Å². The fraction of sp³-hybridized carbons (Fsp3) is 1.00. The first-order valence-corrected chi connectivity index (χ1v) is 3.52. The maximum Gasteiger partial charge on any atom is 0.0157 e. The Balaban J connectivity index is 2.14. The van der Waals surface area contributed by atoms with Gasteiger partial charge >= 0.3 is 0 Å². The van der Waals surface area contributed by atoms with Crippen molar-refractivity contribution in [3.8, 4) is 0 Å². The number of nitrogens with two attached hydrogens (primary N) is 2. The van der Waals surface area contributed by atoms with E-state index in [-0.39, 0.29) is 0 Å². The van der Waals surface area contributed by atoms with E-state index >= 15 is 0 Å². The summed E-state index contributed by atoms with van der Waals surface area (Å²) in [4.78, 5) is 0. The lowest BCUT2D eigenvalue weighted by molar-refractivity contribution is 0.335. The zero-order chi connectivity index (χ0) is 6.69. The average molecular weight is 129 g/mol. The van der Waals surface area contributed by atoms with Gasteiger partial charge < -0.3 is 5.73 Å². The average Bonchev–Trinajstić information content (AvgIpc) is 2.17. The van der Waals surface area contributed by atoms with Crippen LogP contribution in [0.15, 0.2) is 0 Å². The smallest absolute Gasteiger partial charge is 0.0157 e. The molecule has 3 nitrogen and oxygen atoms in total. The molecule has 3 heteroatoms. The van der Waals surface area contributed by atoms with Gasteiger partial charge in [0.25, 0.3) is 0 Å². The third kappa shape index (κ3) is 1.93. The molecule has 1 unspecified atom stereocenters. The molecule has 0 aromatic rings. The van der Waals surface area contributed by atoms with Crippen LogP contribution >= 0.6 is 0 Å². The minimum Gasteiger partial charge on any atom is -0.330 e. The summed E-state index contributed by atoms with van der Waals surface area (Å²) in [7, 11) is 0. The van der Waals surface area contributed by atoms with Crippen LogP contribution in [0, 0.1) is 5.92 Å². The third-order valence-electron chi connectivity index (χ3n) is 1.89. The van der Waals surface area contributed by atoms with Crippen LogP contribution in [0.25, 0.3) is 0 Å². The lowest BCUT2D eigenvalue weighted by Crippen LogP contribution is -2.28. The van der Waals surface area contributed by atoms with Crippen LogP contribution in [0.1, 0.15) is 12.8 Å². The number of rotatable bonds is 2. The maximum atomic E-state index is 5.55. The first kappa shape index (κ1) is 6.99. The quantitative estimate of drug-likeness (QED) is 0.496. The Bertz CT molecular complexity index is 82.4. The third-order valence-corrected chi connectivity index (χ3v) is 1.89. The van der Waals surface area contributed by atoms with Crippen molar-refractivity contribution in [2.75, 3.05) is 19.6 Å². The summed E-state index contributed by atoms with van der Waals surface area (Å²) >= 11 is 0. The second-order valence-electron chi connectivity index (χ2n) is 2.73. The van der Waals surface area contributed by atoms with E-state index in [4.69, 9.17) is 11.6 Å². The Labute approximate surface area is 56.0 Å². The summed E-state index contributed by atoms with van der Waals surface area (Å²) in [6.07, 6.45) is 2.36.